The molecule has 2 rings (SSSR count). The Balaban J connectivity index is 2.30. The van der Waals surface area contributed by atoms with Gasteiger partial charge in [-0.15, -0.1) is 5.10 Å². The quantitative estimate of drug-likeness (QED) is 0.728. The Morgan fingerprint density at radius 3 is 2.50 bits per heavy atom. The van der Waals surface area contributed by atoms with Crippen LogP contribution in [0.25, 0.3) is 0 Å². The summed E-state index contributed by atoms with van der Waals surface area (Å²) in [5, 5.41) is 6.12. The van der Waals surface area contributed by atoms with Crippen LogP contribution < -0.4 is 0 Å². The van der Waals surface area contributed by atoms with E-state index in [4.69, 9.17) is 4.74 Å². The minimum absolute atomic E-state index is 0.257. The molecule has 86 valence electrons. The van der Waals surface area contributed by atoms with Gasteiger partial charge < -0.3 is 4.74 Å². The highest BCUT2D eigenvalue weighted by Crippen LogP contribution is 2.20. The van der Waals surface area contributed by atoms with Crippen molar-refractivity contribution in [3.63, 3.8) is 0 Å². The van der Waals surface area contributed by atoms with Gasteiger partial charge >= 0.3 is 0 Å². The topological polar surface area (TPSA) is 24.8 Å². The first kappa shape index (κ1) is 10.9. The Kier molecular flexibility index (Phi) is 2.58. The third-order valence-electron chi connectivity index (χ3n) is 2.34. The number of rotatable bonds is 1. The molecule has 3 nitrogen and oxygen atoms in total. The second-order valence-electron chi connectivity index (χ2n) is 4.59. The zero-order valence-electron chi connectivity index (χ0n) is 9.70. The molecule has 1 aromatic carbocycles. The van der Waals surface area contributed by atoms with Gasteiger partial charge in [0.25, 0.3) is 0 Å². The molecule has 4 heteroatoms. The summed E-state index contributed by atoms with van der Waals surface area (Å²) in [7, 11) is 1.90. The van der Waals surface area contributed by atoms with Gasteiger partial charge in [-0.2, -0.15) is 0 Å². The van der Waals surface area contributed by atoms with Gasteiger partial charge in [0.05, 0.1) is 6.54 Å². The molecule has 1 aliphatic rings. The van der Waals surface area contributed by atoms with Crippen molar-refractivity contribution in [2.45, 2.75) is 19.4 Å². The fourth-order valence-corrected chi connectivity index (χ4v) is 1.76. The molecule has 0 saturated carbocycles. The highest BCUT2D eigenvalue weighted by Gasteiger charge is 2.28. The van der Waals surface area contributed by atoms with Crippen LogP contribution >= 0.6 is 0 Å². The van der Waals surface area contributed by atoms with Crippen LogP contribution in [0.2, 0.25) is 0 Å². The van der Waals surface area contributed by atoms with Gasteiger partial charge in [0, 0.05) is 12.6 Å². The van der Waals surface area contributed by atoms with Gasteiger partial charge in [0.1, 0.15) is 11.4 Å². The average Bonchev–Trinajstić information content (AvgIpc) is 2.15. The molecule has 0 aromatic heterocycles. The molecule has 0 spiro atoms. The van der Waals surface area contributed by atoms with E-state index in [2.05, 4.69) is 5.10 Å². The monoisotopic (exact) mass is 222 g/mol. The van der Waals surface area contributed by atoms with E-state index >= 15 is 0 Å². The Hall–Kier alpha value is -1.58. The minimum Gasteiger partial charge on any atom is -0.468 e. The molecule has 1 aliphatic heterocycles. The summed E-state index contributed by atoms with van der Waals surface area (Å²) in [6.07, 6.45) is 0. The standard InChI is InChI=1S/C12H15FN2O/c1-12(2)8-15(3)14-11(16-12)9-4-6-10(13)7-5-9/h4-7H,8H2,1-3H3. The summed E-state index contributed by atoms with van der Waals surface area (Å²) in [6, 6.07) is 6.15. The highest BCUT2D eigenvalue weighted by molar-refractivity contribution is 5.94. The van der Waals surface area contributed by atoms with Gasteiger partial charge in [-0.05, 0) is 38.1 Å². The van der Waals surface area contributed by atoms with E-state index in [0.717, 1.165) is 12.1 Å². The first-order valence-electron chi connectivity index (χ1n) is 5.21. The summed E-state index contributed by atoms with van der Waals surface area (Å²) in [4.78, 5) is 0. The lowest BCUT2D eigenvalue weighted by Gasteiger charge is -2.35. The molecule has 0 saturated heterocycles. The number of hydrogen-bond donors (Lipinski definition) is 0. The molecule has 0 amide bonds. The van der Waals surface area contributed by atoms with E-state index in [1.807, 2.05) is 25.9 Å². The molecule has 0 aliphatic carbocycles. The lowest BCUT2D eigenvalue weighted by Crippen LogP contribution is -2.43. The van der Waals surface area contributed by atoms with Gasteiger partial charge in [0.2, 0.25) is 5.90 Å². The van der Waals surface area contributed by atoms with Crippen molar-refractivity contribution in [1.82, 2.24) is 5.01 Å². The lowest BCUT2D eigenvalue weighted by molar-refractivity contribution is 0.0323. The summed E-state index contributed by atoms with van der Waals surface area (Å²) in [5.74, 6) is 0.284. The number of nitrogens with zero attached hydrogens (tertiary/aromatic N) is 2. The highest BCUT2D eigenvalue weighted by atomic mass is 19.1. The van der Waals surface area contributed by atoms with Crippen molar-refractivity contribution < 1.29 is 9.13 Å². The molecular formula is C12H15FN2O. The van der Waals surface area contributed by atoms with Crippen molar-refractivity contribution >= 4 is 5.90 Å². The maximum atomic E-state index is 12.8. The van der Waals surface area contributed by atoms with Crippen LogP contribution in [-0.4, -0.2) is 30.1 Å². The summed E-state index contributed by atoms with van der Waals surface area (Å²) in [6.45, 7) is 4.74. The summed E-state index contributed by atoms with van der Waals surface area (Å²) in [5.41, 5.74) is 0.515. The second kappa shape index (κ2) is 3.77. The van der Waals surface area contributed by atoms with Crippen molar-refractivity contribution in [3.8, 4) is 0 Å². The number of hydrogen-bond acceptors (Lipinski definition) is 3. The van der Waals surface area contributed by atoms with Crippen molar-refractivity contribution in [3.05, 3.63) is 35.6 Å². The largest absolute Gasteiger partial charge is 0.468 e. The molecule has 0 N–H and O–H groups in total. The Bertz CT molecular complexity index is 412. The van der Waals surface area contributed by atoms with Crippen LogP contribution in [0, 0.1) is 5.82 Å². The predicted octanol–water partition coefficient (Wildman–Crippen LogP) is 2.23. The van der Waals surface area contributed by atoms with Gasteiger partial charge in [-0.25, -0.2) is 4.39 Å². The van der Waals surface area contributed by atoms with Crippen LogP contribution in [-0.2, 0) is 4.74 Å². The Morgan fingerprint density at radius 2 is 1.94 bits per heavy atom. The fourth-order valence-electron chi connectivity index (χ4n) is 1.76. The van der Waals surface area contributed by atoms with Crippen molar-refractivity contribution in [2.75, 3.05) is 13.6 Å². The van der Waals surface area contributed by atoms with E-state index in [1.165, 1.54) is 12.1 Å². The zero-order chi connectivity index (χ0) is 11.8. The number of halogens is 1. The first-order valence-corrected chi connectivity index (χ1v) is 5.21. The van der Waals surface area contributed by atoms with Gasteiger partial charge in [-0.1, -0.05) is 0 Å². The lowest BCUT2D eigenvalue weighted by atomic mass is 10.1. The zero-order valence-corrected chi connectivity index (χ0v) is 9.70. The number of ether oxygens (including phenoxy) is 1. The third kappa shape index (κ3) is 2.32. The normalized spacial score (nSPS) is 19.0. The van der Waals surface area contributed by atoms with Crippen LogP contribution in [0.3, 0.4) is 0 Å². The molecule has 0 unspecified atom stereocenters. The van der Waals surface area contributed by atoms with Crippen LogP contribution in [0.4, 0.5) is 4.39 Å². The maximum Gasteiger partial charge on any atom is 0.238 e. The molecular weight excluding hydrogens is 207 g/mol. The number of benzene rings is 1. The van der Waals surface area contributed by atoms with Crippen LogP contribution in [0.1, 0.15) is 19.4 Å². The summed E-state index contributed by atoms with van der Waals surface area (Å²) >= 11 is 0. The van der Waals surface area contributed by atoms with Crippen LogP contribution in [0.5, 0.6) is 0 Å². The SMILES string of the molecule is CN1CC(C)(C)OC(c2ccc(F)cc2)=N1. The van der Waals surface area contributed by atoms with E-state index < -0.39 is 0 Å². The molecule has 0 fully saturated rings. The smallest absolute Gasteiger partial charge is 0.238 e. The molecule has 0 radical (unpaired) electrons. The van der Waals surface area contributed by atoms with Crippen molar-refractivity contribution in [2.24, 2.45) is 5.10 Å². The third-order valence-corrected chi connectivity index (χ3v) is 2.34. The van der Waals surface area contributed by atoms with Crippen molar-refractivity contribution in [1.29, 1.82) is 0 Å². The number of likely N-dealkylation sites (N-methyl/N-ethyl adjacent to an activating group) is 1. The van der Waals surface area contributed by atoms with E-state index in [0.29, 0.717) is 5.90 Å². The summed E-state index contributed by atoms with van der Waals surface area (Å²) < 4.78 is 18.5. The molecule has 1 heterocycles. The Labute approximate surface area is 94.5 Å². The molecule has 0 bridgehead atoms. The number of hydrazone groups is 1. The first-order chi connectivity index (χ1) is 7.46. The van der Waals surface area contributed by atoms with Crippen LogP contribution in [0.15, 0.2) is 29.4 Å². The van der Waals surface area contributed by atoms with E-state index in [-0.39, 0.29) is 11.4 Å². The molecule has 16 heavy (non-hydrogen) atoms. The molecule has 0 atom stereocenters. The fraction of sp³-hybridized carbons (Fsp3) is 0.417. The average molecular weight is 222 g/mol. The maximum absolute atomic E-state index is 12.8. The molecule has 1 aromatic rings. The second-order valence-corrected chi connectivity index (χ2v) is 4.59. The Morgan fingerprint density at radius 1 is 1.31 bits per heavy atom. The van der Waals surface area contributed by atoms with E-state index in [9.17, 15) is 4.39 Å². The minimum atomic E-state index is -0.278. The van der Waals surface area contributed by atoms with Gasteiger partial charge in [0.15, 0.2) is 0 Å². The predicted molar refractivity (Wildman–Crippen MR) is 60.7 cm³/mol. The van der Waals surface area contributed by atoms with E-state index in [1.54, 1.807) is 12.1 Å². The van der Waals surface area contributed by atoms with Gasteiger partial charge in [-0.3, -0.25) is 5.01 Å².